The van der Waals surface area contributed by atoms with Crippen molar-refractivity contribution >= 4 is 43.5 Å². The highest BCUT2D eigenvalue weighted by Crippen LogP contribution is 2.14. The van der Waals surface area contributed by atoms with E-state index < -0.39 is 15.9 Å². The number of benzene rings is 1. The van der Waals surface area contributed by atoms with Gasteiger partial charge in [0.25, 0.3) is 15.9 Å². The number of hydrogen-bond donors (Lipinski definition) is 3. The molecule has 2 aromatic rings. The topological polar surface area (TPSA) is 118 Å². The summed E-state index contributed by atoms with van der Waals surface area (Å²) in [6.45, 7) is 0.0794. The van der Waals surface area contributed by atoms with Crippen molar-refractivity contribution < 1.29 is 22.4 Å². The molecule has 0 spiro atoms. The monoisotopic (exact) mass is 429 g/mol. The van der Waals surface area contributed by atoms with Crippen LogP contribution >= 0.6 is 15.9 Å². The average Bonchev–Trinajstić information content (AvgIpc) is 3.08. The molecule has 2 rings (SSSR count). The van der Waals surface area contributed by atoms with Crippen molar-refractivity contribution in [1.29, 1.82) is 0 Å². The summed E-state index contributed by atoms with van der Waals surface area (Å²) in [5.74, 6) is -1.02. The maximum absolute atomic E-state index is 11.9. The summed E-state index contributed by atoms with van der Waals surface area (Å²) in [5.41, 5.74) is 0.646. The average molecular weight is 430 g/mol. The molecular weight excluding hydrogens is 414 g/mol. The highest BCUT2D eigenvalue weighted by Gasteiger charge is 2.19. The largest absolute Gasteiger partial charge is 0.438 e. The van der Waals surface area contributed by atoms with Crippen LogP contribution in [-0.4, -0.2) is 33.8 Å². The predicted octanol–water partition coefficient (Wildman–Crippen LogP) is 1.71. The Morgan fingerprint density at radius 1 is 1.12 bits per heavy atom. The van der Waals surface area contributed by atoms with E-state index in [2.05, 4.69) is 31.3 Å². The number of nitrogens with one attached hydrogen (secondary N) is 3. The van der Waals surface area contributed by atoms with Gasteiger partial charge in [-0.3, -0.25) is 9.59 Å². The Hall–Kier alpha value is -2.17. The van der Waals surface area contributed by atoms with Gasteiger partial charge in [0.05, 0.1) is 0 Å². The molecule has 1 aromatic carbocycles. The highest BCUT2D eigenvalue weighted by atomic mass is 79.9. The van der Waals surface area contributed by atoms with Crippen LogP contribution in [0, 0.1) is 0 Å². The lowest BCUT2D eigenvalue weighted by Gasteiger charge is -2.06. The van der Waals surface area contributed by atoms with Crippen molar-refractivity contribution in [2.45, 2.75) is 11.5 Å². The Balaban J connectivity index is 1.82. The molecule has 0 aliphatic heterocycles. The smallest absolute Gasteiger partial charge is 0.287 e. The quantitative estimate of drug-likeness (QED) is 0.618. The Morgan fingerprint density at radius 3 is 2.44 bits per heavy atom. The van der Waals surface area contributed by atoms with E-state index in [9.17, 15) is 18.0 Å². The molecule has 8 nitrogen and oxygen atoms in total. The molecule has 0 saturated carbocycles. The number of hydrogen-bond acceptors (Lipinski definition) is 5. The Labute approximate surface area is 153 Å². The second-order valence-corrected chi connectivity index (χ2v) is 7.62. The predicted molar refractivity (Wildman–Crippen MR) is 94.7 cm³/mol. The zero-order chi connectivity index (χ0) is 18.4. The number of furan rings is 1. The summed E-state index contributed by atoms with van der Waals surface area (Å²) >= 11 is 3.30. The molecule has 10 heteroatoms. The van der Waals surface area contributed by atoms with Gasteiger partial charge in [0.1, 0.15) is 0 Å². The lowest BCUT2D eigenvalue weighted by Crippen LogP contribution is -2.27. The van der Waals surface area contributed by atoms with Gasteiger partial charge < -0.3 is 15.1 Å². The number of carbonyl (C=O) groups is 2. The molecule has 0 aliphatic carbocycles. The van der Waals surface area contributed by atoms with Crippen LogP contribution < -0.4 is 15.4 Å². The number of anilines is 1. The van der Waals surface area contributed by atoms with Gasteiger partial charge in [-0.1, -0.05) is 15.9 Å². The summed E-state index contributed by atoms with van der Waals surface area (Å²) in [7, 11) is -2.51. The SMILES string of the molecule is CNS(=O)(=O)c1ccc(C(=O)NCCC(=O)Nc2ccc(Br)cc2)o1. The first kappa shape index (κ1) is 19.2. The van der Waals surface area contributed by atoms with Crippen molar-refractivity contribution in [3.05, 3.63) is 46.6 Å². The second kappa shape index (κ2) is 8.28. The van der Waals surface area contributed by atoms with Gasteiger partial charge in [-0.05, 0) is 43.4 Å². The zero-order valence-corrected chi connectivity index (χ0v) is 15.6. The molecule has 0 atom stereocenters. The summed E-state index contributed by atoms with van der Waals surface area (Å²) in [4.78, 5) is 23.7. The number of sulfonamides is 1. The number of rotatable bonds is 7. The molecule has 134 valence electrons. The second-order valence-electron chi connectivity index (χ2n) is 4.89. The van der Waals surface area contributed by atoms with E-state index >= 15 is 0 Å². The van der Waals surface area contributed by atoms with E-state index in [1.165, 1.54) is 19.2 Å². The molecule has 1 aromatic heterocycles. The lowest BCUT2D eigenvalue weighted by atomic mass is 10.3. The summed E-state index contributed by atoms with van der Waals surface area (Å²) in [6, 6.07) is 9.51. The molecule has 2 amide bonds. The van der Waals surface area contributed by atoms with Crippen LogP contribution in [0.1, 0.15) is 17.0 Å². The first-order valence-corrected chi connectivity index (χ1v) is 9.46. The van der Waals surface area contributed by atoms with Crippen LogP contribution in [0.4, 0.5) is 5.69 Å². The van der Waals surface area contributed by atoms with Crippen LogP contribution in [0.2, 0.25) is 0 Å². The Morgan fingerprint density at radius 2 is 1.80 bits per heavy atom. The molecule has 3 N–H and O–H groups in total. The van der Waals surface area contributed by atoms with Crippen LogP contribution in [0.5, 0.6) is 0 Å². The third-order valence-electron chi connectivity index (χ3n) is 3.10. The molecule has 0 fully saturated rings. The minimum atomic E-state index is -3.75. The molecule has 0 saturated heterocycles. The standard InChI is InChI=1S/C15H16BrN3O5S/c1-17-25(22,23)14-7-6-12(24-14)15(21)18-9-8-13(20)19-11-4-2-10(16)3-5-11/h2-7,17H,8-9H2,1H3,(H,18,21)(H,19,20). The fourth-order valence-corrected chi connectivity index (χ4v) is 2.73. The van der Waals surface area contributed by atoms with Gasteiger partial charge in [-0.25, -0.2) is 13.1 Å². The van der Waals surface area contributed by atoms with E-state index in [-0.39, 0.29) is 29.7 Å². The van der Waals surface area contributed by atoms with Crippen molar-refractivity contribution in [1.82, 2.24) is 10.0 Å². The number of carbonyl (C=O) groups excluding carboxylic acids is 2. The van der Waals surface area contributed by atoms with Crippen LogP contribution in [0.3, 0.4) is 0 Å². The fraction of sp³-hybridized carbons (Fsp3) is 0.200. The third-order valence-corrected chi connectivity index (χ3v) is 4.92. The zero-order valence-electron chi connectivity index (χ0n) is 13.2. The molecule has 0 bridgehead atoms. The van der Waals surface area contributed by atoms with E-state index in [1.54, 1.807) is 24.3 Å². The van der Waals surface area contributed by atoms with E-state index in [4.69, 9.17) is 4.42 Å². The van der Waals surface area contributed by atoms with Gasteiger partial charge in [0.15, 0.2) is 5.76 Å². The first-order chi connectivity index (χ1) is 11.8. The van der Waals surface area contributed by atoms with Gasteiger partial charge >= 0.3 is 0 Å². The lowest BCUT2D eigenvalue weighted by molar-refractivity contribution is -0.116. The molecule has 25 heavy (non-hydrogen) atoms. The van der Waals surface area contributed by atoms with Gasteiger partial charge in [0.2, 0.25) is 11.0 Å². The number of halogens is 1. The van der Waals surface area contributed by atoms with E-state index in [0.717, 1.165) is 4.47 Å². The van der Waals surface area contributed by atoms with Crippen LogP contribution in [-0.2, 0) is 14.8 Å². The minimum absolute atomic E-state index is 0.0597. The van der Waals surface area contributed by atoms with Crippen LogP contribution in [0.15, 0.2) is 50.4 Å². The van der Waals surface area contributed by atoms with Crippen molar-refractivity contribution in [3.8, 4) is 0 Å². The first-order valence-electron chi connectivity index (χ1n) is 7.19. The normalized spacial score (nSPS) is 11.1. The summed E-state index contributed by atoms with van der Waals surface area (Å²) in [6.07, 6.45) is 0.0597. The molecule has 0 radical (unpaired) electrons. The van der Waals surface area contributed by atoms with Gasteiger partial charge in [0, 0.05) is 23.1 Å². The van der Waals surface area contributed by atoms with E-state index in [1.807, 2.05) is 0 Å². The van der Waals surface area contributed by atoms with Crippen molar-refractivity contribution in [2.24, 2.45) is 0 Å². The minimum Gasteiger partial charge on any atom is -0.438 e. The maximum atomic E-state index is 11.9. The Kier molecular flexibility index (Phi) is 6.34. The Bertz CT molecular complexity index is 862. The van der Waals surface area contributed by atoms with Crippen molar-refractivity contribution in [2.75, 3.05) is 18.9 Å². The van der Waals surface area contributed by atoms with E-state index in [0.29, 0.717) is 5.69 Å². The molecule has 0 aliphatic rings. The number of amides is 2. The molecule has 1 heterocycles. The summed E-state index contributed by atoms with van der Waals surface area (Å²) < 4.78 is 31.1. The highest BCUT2D eigenvalue weighted by molar-refractivity contribution is 9.10. The van der Waals surface area contributed by atoms with Gasteiger partial charge in [-0.15, -0.1) is 0 Å². The maximum Gasteiger partial charge on any atom is 0.287 e. The van der Waals surface area contributed by atoms with Crippen LogP contribution in [0.25, 0.3) is 0 Å². The fourth-order valence-electron chi connectivity index (χ4n) is 1.82. The molecular formula is C15H16BrN3O5S. The molecule has 0 unspecified atom stereocenters. The summed E-state index contributed by atoms with van der Waals surface area (Å²) in [5, 5.41) is 4.83. The van der Waals surface area contributed by atoms with Crippen molar-refractivity contribution in [3.63, 3.8) is 0 Å². The third kappa shape index (κ3) is 5.41. The van der Waals surface area contributed by atoms with Gasteiger partial charge in [-0.2, -0.15) is 0 Å².